The van der Waals surface area contributed by atoms with E-state index in [1.54, 1.807) is 6.07 Å². The van der Waals surface area contributed by atoms with Gasteiger partial charge in [0.15, 0.2) is 0 Å². The van der Waals surface area contributed by atoms with Crippen molar-refractivity contribution in [1.29, 1.82) is 0 Å². The normalized spacial score (nSPS) is 25.5. The van der Waals surface area contributed by atoms with Crippen molar-refractivity contribution in [2.75, 3.05) is 6.61 Å². The average molecular weight is 411 g/mol. The van der Waals surface area contributed by atoms with Crippen LogP contribution in [0.2, 0.25) is 10.0 Å². The summed E-state index contributed by atoms with van der Waals surface area (Å²) in [6.45, 7) is -0.178. The van der Waals surface area contributed by atoms with E-state index in [1.165, 1.54) is 0 Å². The first-order valence-electron chi connectivity index (χ1n) is 9.12. The summed E-state index contributed by atoms with van der Waals surface area (Å²) in [6, 6.07) is 13.4. The lowest BCUT2D eigenvalue weighted by Crippen LogP contribution is -2.44. The molecule has 3 rings (SSSR count). The molecule has 1 fully saturated rings. The van der Waals surface area contributed by atoms with Crippen molar-refractivity contribution in [2.45, 2.75) is 50.1 Å². The van der Waals surface area contributed by atoms with Gasteiger partial charge < -0.3 is 20.1 Å². The van der Waals surface area contributed by atoms with Gasteiger partial charge in [0.05, 0.1) is 18.8 Å². The van der Waals surface area contributed by atoms with E-state index >= 15 is 0 Å². The van der Waals surface area contributed by atoms with E-state index in [4.69, 9.17) is 27.9 Å². The number of benzene rings is 2. The van der Waals surface area contributed by atoms with Crippen molar-refractivity contribution in [3.8, 4) is 0 Å². The van der Waals surface area contributed by atoms with Crippen LogP contribution in [0.5, 0.6) is 0 Å². The van der Waals surface area contributed by atoms with Crippen LogP contribution in [-0.4, -0.2) is 40.2 Å². The van der Waals surface area contributed by atoms with E-state index in [1.807, 2.05) is 36.4 Å². The Kier molecular flexibility index (Phi) is 7.15. The molecule has 6 heteroatoms. The van der Waals surface area contributed by atoms with Crippen LogP contribution in [0.15, 0.2) is 42.5 Å². The third-order valence-corrected chi connectivity index (χ3v) is 5.32. The Labute approximate surface area is 169 Å². The molecule has 1 saturated heterocycles. The number of hydrogen-bond acceptors (Lipinski definition) is 4. The van der Waals surface area contributed by atoms with Crippen molar-refractivity contribution in [3.63, 3.8) is 0 Å². The molecular weight excluding hydrogens is 387 g/mol. The zero-order valence-corrected chi connectivity index (χ0v) is 16.4. The molecular formula is C21H24Cl2O4. The van der Waals surface area contributed by atoms with Gasteiger partial charge in [-0.2, -0.15) is 0 Å². The standard InChI is InChI=1S/C21H24Cl2O4/c22-16-8-14(9-17(23)10-16)5-1-3-13-4-2-6-15(7-13)21-20(26)19(25)11-18(12-24)27-21/h2,4,6-10,18-21,24-26H,1,3,5,11-12H2/t18-,19-,20-,21+/m0/s1. The number of halogens is 2. The van der Waals surface area contributed by atoms with Gasteiger partial charge in [-0.1, -0.05) is 47.5 Å². The molecule has 1 heterocycles. The topological polar surface area (TPSA) is 69.9 Å². The number of rotatable bonds is 6. The molecule has 146 valence electrons. The van der Waals surface area contributed by atoms with Crippen molar-refractivity contribution in [2.24, 2.45) is 0 Å². The average Bonchev–Trinajstić information content (AvgIpc) is 2.63. The summed E-state index contributed by atoms with van der Waals surface area (Å²) >= 11 is 12.1. The molecule has 27 heavy (non-hydrogen) atoms. The van der Waals surface area contributed by atoms with Crippen LogP contribution in [0.3, 0.4) is 0 Å². The zero-order chi connectivity index (χ0) is 19.4. The summed E-state index contributed by atoms with van der Waals surface area (Å²) in [6.07, 6.45) is -0.145. The van der Waals surface area contributed by atoms with Crippen LogP contribution in [0, 0.1) is 0 Å². The number of ether oxygens (including phenoxy) is 1. The number of aryl methyl sites for hydroxylation is 2. The van der Waals surface area contributed by atoms with E-state index in [0.29, 0.717) is 10.0 Å². The summed E-state index contributed by atoms with van der Waals surface area (Å²) in [5, 5.41) is 30.9. The Balaban J connectivity index is 1.64. The third-order valence-electron chi connectivity index (χ3n) is 4.88. The Hall–Kier alpha value is -1.14. The molecule has 1 aliphatic heterocycles. The number of aliphatic hydroxyl groups excluding tert-OH is 3. The van der Waals surface area contributed by atoms with Gasteiger partial charge in [0.25, 0.3) is 0 Å². The molecule has 4 nitrogen and oxygen atoms in total. The molecule has 0 aromatic heterocycles. The van der Waals surface area contributed by atoms with Crippen molar-refractivity contribution >= 4 is 23.2 Å². The van der Waals surface area contributed by atoms with Gasteiger partial charge in [-0.05, 0) is 54.2 Å². The van der Waals surface area contributed by atoms with Crippen LogP contribution in [0.25, 0.3) is 0 Å². The summed E-state index contributed by atoms with van der Waals surface area (Å²) in [5.41, 5.74) is 3.03. The van der Waals surface area contributed by atoms with Gasteiger partial charge in [0.1, 0.15) is 12.2 Å². The quantitative estimate of drug-likeness (QED) is 0.678. The molecule has 0 spiro atoms. The second kappa shape index (κ2) is 9.37. The van der Waals surface area contributed by atoms with Crippen LogP contribution < -0.4 is 0 Å². The Morgan fingerprint density at radius 2 is 1.67 bits per heavy atom. The maximum atomic E-state index is 10.3. The lowest BCUT2D eigenvalue weighted by Gasteiger charge is -2.37. The predicted octanol–water partition coefficient (Wildman–Crippen LogP) is 3.71. The van der Waals surface area contributed by atoms with Crippen LogP contribution in [0.1, 0.15) is 35.6 Å². The van der Waals surface area contributed by atoms with Crippen LogP contribution in [0.4, 0.5) is 0 Å². The van der Waals surface area contributed by atoms with Crippen molar-refractivity contribution < 1.29 is 20.1 Å². The fourth-order valence-corrected chi connectivity index (χ4v) is 4.10. The van der Waals surface area contributed by atoms with Gasteiger partial charge in [0.2, 0.25) is 0 Å². The predicted molar refractivity (Wildman–Crippen MR) is 106 cm³/mol. The molecule has 1 aliphatic rings. The minimum atomic E-state index is -1.00. The SMILES string of the molecule is OC[C@@H]1C[C@H](O)[C@H](O)[C@@H](c2cccc(CCCc3cc(Cl)cc(Cl)c3)c2)O1. The smallest absolute Gasteiger partial charge is 0.111 e. The molecule has 3 N–H and O–H groups in total. The fourth-order valence-electron chi connectivity index (χ4n) is 3.52. The van der Waals surface area contributed by atoms with Crippen LogP contribution >= 0.6 is 23.2 Å². The first-order chi connectivity index (χ1) is 13.0. The highest BCUT2D eigenvalue weighted by atomic mass is 35.5. The Bertz CT molecular complexity index is 747. The van der Waals surface area contributed by atoms with Gasteiger partial charge in [-0.15, -0.1) is 0 Å². The Morgan fingerprint density at radius 3 is 2.37 bits per heavy atom. The maximum absolute atomic E-state index is 10.3. The summed E-state index contributed by atoms with van der Waals surface area (Å²) < 4.78 is 5.77. The molecule has 0 amide bonds. The van der Waals surface area contributed by atoms with Gasteiger partial charge in [0, 0.05) is 16.5 Å². The number of hydrogen-bond donors (Lipinski definition) is 3. The molecule has 0 unspecified atom stereocenters. The van der Waals surface area contributed by atoms with Crippen molar-refractivity contribution in [1.82, 2.24) is 0 Å². The molecule has 0 aliphatic carbocycles. The lowest BCUT2D eigenvalue weighted by molar-refractivity contribution is -0.179. The fraction of sp³-hybridized carbons (Fsp3) is 0.429. The molecule has 2 aromatic carbocycles. The first kappa shape index (κ1) is 20.6. The van der Waals surface area contributed by atoms with E-state index in [0.717, 1.165) is 36.0 Å². The summed E-state index contributed by atoms with van der Waals surface area (Å²) in [4.78, 5) is 0. The maximum Gasteiger partial charge on any atom is 0.111 e. The molecule has 2 aromatic rings. The Morgan fingerprint density at radius 1 is 0.963 bits per heavy atom. The lowest BCUT2D eigenvalue weighted by atomic mass is 9.92. The van der Waals surface area contributed by atoms with E-state index in [-0.39, 0.29) is 13.0 Å². The largest absolute Gasteiger partial charge is 0.394 e. The molecule has 4 atom stereocenters. The van der Waals surface area contributed by atoms with E-state index < -0.39 is 24.4 Å². The second-order valence-corrected chi connectivity index (χ2v) is 7.90. The number of aliphatic hydroxyl groups is 3. The van der Waals surface area contributed by atoms with E-state index in [2.05, 4.69) is 0 Å². The minimum absolute atomic E-state index is 0.178. The summed E-state index contributed by atoms with van der Waals surface area (Å²) in [5.74, 6) is 0. The monoisotopic (exact) mass is 410 g/mol. The highest BCUT2D eigenvalue weighted by Gasteiger charge is 2.37. The summed E-state index contributed by atoms with van der Waals surface area (Å²) in [7, 11) is 0. The highest BCUT2D eigenvalue weighted by Crippen LogP contribution is 2.32. The van der Waals surface area contributed by atoms with Gasteiger partial charge >= 0.3 is 0 Å². The third kappa shape index (κ3) is 5.44. The van der Waals surface area contributed by atoms with Gasteiger partial charge in [-0.25, -0.2) is 0 Å². The molecule has 0 bridgehead atoms. The van der Waals surface area contributed by atoms with Crippen molar-refractivity contribution in [3.05, 3.63) is 69.2 Å². The molecule has 0 saturated carbocycles. The van der Waals surface area contributed by atoms with Gasteiger partial charge in [-0.3, -0.25) is 0 Å². The first-order valence-corrected chi connectivity index (χ1v) is 9.88. The second-order valence-electron chi connectivity index (χ2n) is 7.03. The van der Waals surface area contributed by atoms with E-state index in [9.17, 15) is 15.3 Å². The zero-order valence-electron chi connectivity index (χ0n) is 14.9. The highest BCUT2D eigenvalue weighted by molar-refractivity contribution is 6.34. The minimum Gasteiger partial charge on any atom is -0.394 e. The van der Waals surface area contributed by atoms with Crippen LogP contribution in [-0.2, 0) is 17.6 Å². The molecule has 0 radical (unpaired) electrons.